The lowest BCUT2D eigenvalue weighted by atomic mass is 9.94. The Morgan fingerprint density at radius 3 is 2.62 bits per heavy atom. The van der Waals surface area contributed by atoms with E-state index < -0.39 is 0 Å². The SMILES string of the molecule is CCCCC1CCCNC1.CCCCc1cccnc1.Cl. The fraction of sp³-hybridized carbons (Fsp3) is 0.722. The third-order valence-corrected chi connectivity index (χ3v) is 3.91. The molecule has 1 saturated heterocycles. The van der Waals surface area contributed by atoms with Crippen molar-refractivity contribution in [2.45, 2.75) is 65.2 Å². The van der Waals surface area contributed by atoms with E-state index in [1.165, 1.54) is 70.0 Å². The van der Waals surface area contributed by atoms with E-state index in [4.69, 9.17) is 0 Å². The largest absolute Gasteiger partial charge is 0.316 e. The Bertz CT molecular complexity index is 310. The highest BCUT2D eigenvalue weighted by atomic mass is 35.5. The molecule has 122 valence electrons. The van der Waals surface area contributed by atoms with Crippen LogP contribution in [0.25, 0.3) is 0 Å². The summed E-state index contributed by atoms with van der Waals surface area (Å²) in [5, 5.41) is 3.44. The third-order valence-electron chi connectivity index (χ3n) is 3.91. The van der Waals surface area contributed by atoms with Gasteiger partial charge in [0, 0.05) is 12.4 Å². The molecule has 1 atom stereocenters. The predicted molar refractivity (Wildman–Crippen MR) is 95.2 cm³/mol. The number of pyridine rings is 1. The topological polar surface area (TPSA) is 24.9 Å². The number of halogens is 1. The fourth-order valence-corrected chi connectivity index (χ4v) is 2.59. The monoisotopic (exact) mass is 312 g/mol. The Labute approximate surface area is 137 Å². The molecule has 1 aliphatic heterocycles. The van der Waals surface area contributed by atoms with Crippen LogP contribution in [0.1, 0.15) is 64.4 Å². The summed E-state index contributed by atoms with van der Waals surface area (Å²) in [4.78, 5) is 4.04. The van der Waals surface area contributed by atoms with Gasteiger partial charge in [0.25, 0.3) is 0 Å². The highest BCUT2D eigenvalue weighted by Crippen LogP contribution is 2.16. The van der Waals surface area contributed by atoms with Crippen LogP contribution in [-0.2, 0) is 6.42 Å². The lowest BCUT2D eigenvalue weighted by molar-refractivity contribution is 0.350. The van der Waals surface area contributed by atoms with E-state index in [-0.39, 0.29) is 12.4 Å². The Morgan fingerprint density at radius 1 is 1.24 bits per heavy atom. The predicted octanol–water partition coefficient (Wildman–Crippen LogP) is 5.02. The summed E-state index contributed by atoms with van der Waals surface area (Å²) in [6.07, 6.45) is 14.5. The second-order valence-corrected chi connectivity index (χ2v) is 5.82. The van der Waals surface area contributed by atoms with Crippen LogP contribution in [0.4, 0.5) is 0 Å². The van der Waals surface area contributed by atoms with Gasteiger partial charge in [0.15, 0.2) is 0 Å². The van der Waals surface area contributed by atoms with Crippen molar-refractivity contribution in [3.8, 4) is 0 Å². The van der Waals surface area contributed by atoms with Crippen molar-refractivity contribution in [3.63, 3.8) is 0 Å². The molecular weight excluding hydrogens is 280 g/mol. The summed E-state index contributed by atoms with van der Waals surface area (Å²) in [6, 6.07) is 4.12. The second-order valence-electron chi connectivity index (χ2n) is 5.82. The molecule has 0 bridgehead atoms. The number of nitrogens with zero attached hydrogens (tertiary/aromatic N) is 1. The molecular formula is C18H33ClN2. The van der Waals surface area contributed by atoms with E-state index in [0.717, 1.165) is 5.92 Å². The number of aryl methyl sites for hydroxylation is 1. The molecule has 1 aromatic rings. The number of hydrogen-bond acceptors (Lipinski definition) is 2. The van der Waals surface area contributed by atoms with Gasteiger partial charge in [0.05, 0.1) is 0 Å². The van der Waals surface area contributed by atoms with Crippen LogP contribution >= 0.6 is 12.4 Å². The second kappa shape index (κ2) is 14.3. The zero-order valence-corrected chi connectivity index (χ0v) is 14.6. The van der Waals surface area contributed by atoms with Crippen molar-refractivity contribution in [3.05, 3.63) is 30.1 Å². The summed E-state index contributed by atoms with van der Waals surface area (Å²) >= 11 is 0. The normalized spacial score (nSPS) is 17.3. The van der Waals surface area contributed by atoms with Crippen LogP contribution < -0.4 is 5.32 Å². The molecule has 2 nitrogen and oxygen atoms in total. The average Bonchev–Trinajstić information content (AvgIpc) is 2.53. The van der Waals surface area contributed by atoms with Gasteiger partial charge in [-0.3, -0.25) is 4.98 Å². The molecule has 0 aromatic carbocycles. The molecule has 0 spiro atoms. The standard InChI is InChI=1S/C9H19N.C9H13N.ClH/c2*1-2-3-5-9-6-4-7-10-8-9;/h9-10H,2-8H2,1H3;4,6-8H,2-3,5H2,1H3;1H. The molecule has 0 amide bonds. The van der Waals surface area contributed by atoms with Crippen LogP contribution in [0.15, 0.2) is 24.5 Å². The molecule has 1 N–H and O–H groups in total. The van der Waals surface area contributed by atoms with Gasteiger partial charge in [-0.1, -0.05) is 39.2 Å². The summed E-state index contributed by atoms with van der Waals surface area (Å²) in [6.45, 7) is 7.01. The summed E-state index contributed by atoms with van der Waals surface area (Å²) in [7, 11) is 0. The quantitative estimate of drug-likeness (QED) is 0.797. The van der Waals surface area contributed by atoms with Crippen LogP contribution in [0.2, 0.25) is 0 Å². The fourth-order valence-electron chi connectivity index (χ4n) is 2.59. The van der Waals surface area contributed by atoms with E-state index in [1.807, 2.05) is 18.5 Å². The Morgan fingerprint density at radius 2 is 2.05 bits per heavy atom. The Hall–Kier alpha value is -0.600. The van der Waals surface area contributed by atoms with E-state index in [2.05, 4.69) is 30.2 Å². The smallest absolute Gasteiger partial charge is 0.0299 e. The molecule has 1 unspecified atom stereocenters. The molecule has 0 radical (unpaired) electrons. The van der Waals surface area contributed by atoms with Crippen LogP contribution in [0, 0.1) is 5.92 Å². The zero-order valence-electron chi connectivity index (χ0n) is 13.8. The molecule has 0 saturated carbocycles. The van der Waals surface area contributed by atoms with Gasteiger partial charge in [-0.2, -0.15) is 0 Å². The number of aromatic nitrogens is 1. The average molecular weight is 313 g/mol. The van der Waals surface area contributed by atoms with Crippen molar-refractivity contribution in [1.29, 1.82) is 0 Å². The Kier molecular flexibility index (Phi) is 13.9. The molecule has 1 aliphatic rings. The van der Waals surface area contributed by atoms with Crippen LogP contribution in [0.5, 0.6) is 0 Å². The van der Waals surface area contributed by atoms with E-state index >= 15 is 0 Å². The highest BCUT2D eigenvalue weighted by molar-refractivity contribution is 5.85. The molecule has 3 heteroatoms. The highest BCUT2D eigenvalue weighted by Gasteiger charge is 2.10. The number of unbranched alkanes of at least 4 members (excludes halogenated alkanes) is 2. The van der Waals surface area contributed by atoms with Crippen molar-refractivity contribution in [1.82, 2.24) is 10.3 Å². The van der Waals surface area contributed by atoms with E-state index in [0.29, 0.717) is 0 Å². The van der Waals surface area contributed by atoms with Gasteiger partial charge in [-0.05, 0) is 62.7 Å². The lowest BCUT2D eigenvalue weighted by Crippen LogP contribution is -2.29. The van der Waals surface area contributed by atoms with Gasteiger partial charge in [-0.15, -0.1) is 12.4 Å². The van der Waals surface area contributed by atoms with Crippen molar-refractivity contribution in [2.75, 3.05) is 13.1 Å². The van der Waals surface area contributed by atoms with Gasteiger partial charge >= 0.3 is 0 Å². The van der Waals surface area contributed by atoms with Crippen molar-refractivity contribution in [2.24, 2.45) is 5.92 Å². The minimum atomic E-state index is 0. The molecule has 1 fully saturated rings. The number of piperidine rings is 1. The van der Waals surface area contributed by atoms with Crippen molar-refractivity contribution < 1.29 is 0 Å². The molecule has 2 heterocycles. The lowest BCUT2D eigenvalue weighted by Gasteiger charge is -2.22. The molecule has 0 aliphatic carbocycles. The van der Waals surface area contributed by atoms with Crippen LogP contribution in [-0.4, -0.2) is 18.1 Å². The summed E-state index contributed by atoms with van der Waals surface area (Å²) in [5.41, 5.74) is 1.35. The zero-order chi connectivity index (χ0) is 14.5. The van der Waals surface area contributed by atoms with E-state index in [1.54, 1.807) is 0 Å². The number of rotatable bonds is 6. The minimum absolute atomic E-state index is 0. The first-order valence-corrected chi connectivity index (χ1v) is 8.46. The number of nitrogens with one attached hydrogen (secondary N) is 1. The first kappa shape index (κ1) is 20.4. The maximum Gasteiger partial charge on any atom is 0.0299 e. The molecule has 21 heavy (non-hydrogen) atoms. The third kappa shape index (κ3) is 10.7. The van der Waals surface area contributed by atoms with Crippen LogP contribution in [0.3, 0.4) is 0 Å². The first-order valence-electron chi connectivity index (χ1n) is 8.46. The molecule has 1 aromatic heterocycles. The van der Waals surface area contributed by atoms with Gasteiger partial charge in [-0.25, -0.2) is 0 Å². The van der Waals surface area contributed by atoms with Gasteiger partial charge in [0.1, 0.15) is 0 Å². The van der Waals surface area contributed by atoms with E-state index in [9.17, 15) is 0 Å². The number of hydrogen-bond donors (Lipinski definition) is 1. The molecule has 2 rings (SSSR count). The first-order chi connectivity index (χ1) is 9.86. The van der Waals surface area contributed by atoms with Crippen molar-refractivity contribution >= 4 is 12.4 Å². The van der Waals surface area contributed by atoms with Gasteiger partial charge in [0.2, 0.25) is 0 Å². The summed E-state index contributed by atoms with van der Waals surface area (Å²) in [5.74, 6) is 0.994. The summed E-state index contributed by atoms with van der Waals surface area (Å²) < 4.78 is 0. The maximum atomic E-state index is 4.04. The maximum absolute atomic E-state index is 4.04. The van der Waals surface area contributed by atoms with Gasteiger partial charge < -0.3 is 5.32 Å². The minimum Gasteiger partial charge on any atom is -0.316 e. The Balaban J connectivity index is 0.000000364.